The van der Waals surface area contributed by atoms with E-state index in [1.54, 1.807) is 17.5 Å². The molecule has 2 heterocycles. The van der Waals surface area contributed by atoms with Crippen molar-refractivity contribution in [3.63, 3.8) is 0 Å². The van der Waals surface area contributed by atoms with E-state index >= 15 is 0 Å². The first-order chi connectivity index (χ1) is 8.15. The Labute approximate surface area is 104 Å². The van der Waals surface area contributed by atoms with Gasteiger partial charge in [0, 0.05) is 30.1 Å². The van der Waals surface area contributed by atoms with Crippen LogP contribution in [0.5, 0.6) is 0 Å². The molecule has 0 aliphatic heterocycles. The van der Waals surface area contributed by atoms with Crippen LogP contribution in [0.15, 0.2) is 11.6 Å². The number of hydrogen-bond acceptors (Lipinski definition) is 6. The lowest BCUT2D eigenvalue weighted by Crippen LogP contribution is -2.09. The van der Waals surface area contributed by atoms with E-state index in [1.807, 2.05) is 13.8 Å². The van der Waals surface area contributed by atoms with Crippen molar-refractivity contribution in [2.75, 3.05) is 17.6 Å². The van der Waals surface area contributed by atoms with Gasteiger partial charge in [0.15, 0.2) is 0 Å². The third-order valence-corrected chi connectivity index (χ3v) is 3.15. The molecule has 0 radical (unpaired) electrons. The molecule has 3 N–H and O–H groups in total. The highest BCUT2D eigenvalue weighted by molar-refractivity contribution is 7.09. The van der Waals surface area contributed by atoms with Crippen molar-refractivity contribution >= 4 is 23.1 Å². The highest BCUT2D eigenvalue weighted by Gasteiger charge is 2.02. The molecule has 0 bridgehead atoms. The number of anilines is 2. The van der Waals surface area contributed by atoms with Gasteiger partial charge in [0.2, 0.25) is 5.95 Å². The molecule has 0 unspecified atom stereocenters. The smallest absolute Gasteiger partial charge is 0.221 e. The topological polar surface area (TPSA) is 76.7 Å². The van der Waals surface area contributed by atoms with Crippen molar-refractivity contribution in [1.29, 1.82) is 0 Å². The Kier molecular flexibility index (Phi) is 3.53. The molecule has 0 atom stereocenters. The Balaban J connectivity index is 1.91. The summed E-state index contributed by atoms with van der Waals surface area (Å²) in [6.45, 7) is 4.76. The van der Waals surface area contributed by atoms with Gasteiger partial charge in [0.25, 0.3) is 0 Å². The molecule has 2 aromatic rings. The van der Waals surface area contributed by atoms with Crippen LogP contribution in [0.3, 0.4) is 0 Å². The molecule has 0 aliphatic carbocycles. The van der Waals surface area contributed by atoms with Gasteiger partial charge in [0.05, 0.1) is 10.7 Å². The summed E-state index contributed by atoms with van der Waals surface area (Å²) in [7, 11) is 0. The van der Waals surface area contributed by atoms with Crippen molar-refractivity contribution in [1.82, 2.24) is 15.0 Å². The zero-order chi connectivity index (χ0) is 12.3. The number of rotatable bonds is 4. The molecule has 0 aromatic carbocycles. The fraction of sp³-hybridized carbons (Fsp3) is 0.364. The van der Waals surface area contributed by atoms with Crippen LogP contribution in [0.25, 0.3) is 0 Å². The largest absolute Gasteiger partial charge is 0.369 e. The molecule has 2 rings (SSSR count). The van der Waals surface area contributed by atoms with Gasteiger partial charge >= 0.3 is 0 Å². The quantitative estimate of drug-likeness (QED) is 0.863. The van der Waals surface area contributed by atoms with Crippen LogP contribution < -0.4 is 11.1 Å². The van der Waals surface area contributed by atoms with E-state index in [1.165, 1.54) is 0 Å². The summed E-state index contributed by atoms with van der Waals surface area (Å²) >= 11 is 1.67. The van der Waals surface area contributed by atoms with Crippen LogP contribution in [0.1, 0.15) is 16.3 Å². The van der Waals surface area contributed by atoms with Crippen molar-refractivity contribution in [3.8, 4) is 0 Å². The van der Waals surface area contributed by atoms with Gasteiger partial charge in [-0.15, -0.1) is 11.3 Å². The van der Waals surface area contributed by atoms with Gasteiger partial charge in [-0.25, -0.2) is 9.97 Å². The van der Waals surface area contributed by atoms with E-state index in [0.29, 0.717) is 5.95 Å². The number of aromatic nitrogens is 3. The van der Waals surface area contributed by atoms with E-state index in [0.717, 1.165) is 35.0 Å². The first-order valence-electron chi connectivity index (χ1n) is 5.39. The number of nitrogen functional groups attached to an aromatic ring is 1. The molecule has 0 aliphatic rings. The van der Waals surface area contributed by atoms with E-state index in [4.69, 9.17) is 5.73 Å². The van der Waals surface area contributed by atoms with Gasteiger partial charge in [-0.1, -0.05) is 0 Å². The first-order valence-corrected chi connectivity index (χ1v) is 6.27. The molecular weight excluding hydrogens is 234 g/mol. The zero-order valence-electron chi connectivity index (χ0n) is 9.90. The van der Waals surface area contributed by atoms with Crippen LogP contribution in [-0.4, -0.2) is 21.5 Å². The van der Waals surface area contributed by atoms with Crippen molar-refractivity contribution in [2.45, 2.75) is 20.3 Å². The van der Waals surface area contributed by atoms with E-state index in [-0.39, 0.29) is 0 Å². The van der Waals surface area contributed by atoms with Crippen LogP contribution >= 0.6 is 11.3 Å². The second kappa shape index (κ2) is 5.09. The monoisotopic (exact) mass is 249 g/mol. The maximum absolute atomic E-state index is 5.54. The minimum atomic E-state index is 0.294. The lowest BCUT2D eigenvalue weighted by Gasteiger charge is -2.07. The minimum Gasteiger partial charge on any atom is -0.369 e. The van der Waals surface area contributed by atoms with Crippen molar-refractivity contribution in [2.24, 2.45) is 0 Å². The molecule has 0 spiro atoms. The number of nitrogens with two attached hydrogens (primary N) is 1. The van der Waals surface area contributed by atoms with E-state index < -0.39 is 0 Å². The summed E-state index contributed by atoms with van der Waals surface area (Å²) in [5.41, 5.74) is 7.65. The second-order valence-corrected chi connectivity index (χ2v) is 4.86. The number of nitrogens with one attached hydrogen (secondary N) is 1. The summed E-state index contributed by atoms with van der Waals surface area (Å²) in [6.07, 6.45) is 2.60. The number of nitrogens with zero attached hydrogens (tertiary/aromatic N) is 3. The SMILES string of the molecule is Cc1nc(CCNc2nc(N)ncc2C)cs1. The molecule has 5 nitrogen and oxygen atoms in total. The Bertz CT molecular complexity index is 508. The molecule has 2 aromatic heterocycles. The Hall–Kier alpha value is -1.69. The van der Waals surface area contributed by atoms with Crippen LogP contribution in [-0.2, 0) is 6.42 Å². The van der Waals surface area contributed by atoms with Crippen LogP contribution in [0, 0.1) is 13.8 Å². The van der Waals surface area contributed by atoms with E-state index in [2.05, 4.69) is 25.6 Å². The third-order valence-electron chi connectivity index (χ3n) is 2.33. The average molecular weight is 249 g/mol. The first kappa shape index (κ1) is 11.8. The zero-order valence-corrected chi connectivity index (χ0v) is 10.7. The Morgan fingerprint density at radius 2 is 2.18 bits per heavy atom. The van der Waals surface area contributed by atoms with Crippen LogP contribution in [0.4, 0.5) is 11.8 Å². The molecular formula is C11H15N5S. The molecule has 0 saturated carbocycles. The van der Waals surface area contributed by atoms with E-state index in [9.17, 15) is 0 Å². The Morgan fingerprint density at radius 1 is 1.35 bits per heavy atom. The van der Waals surface area contributed by atoms with Gasteiger partial charge in [-0.3, -0.25) is 0 Å². The predicted octanol–water partition coefficient (Wildman–Crippen LogP) is 1.79. The van der Waals surface area contributed by atoms with Crippen molar-refractivity contribution < 1.29 is 0 Å². The molecule has 0 amide bonds. The minimum absolute atomic E-state index is 0.294. The van der Waals surface area contributed by atoms with Gasteiger partial charge < -0.3 is 11.1 Å². The normalized spacial score (nSPS) is 10.5. The van der Waals surface area contributed by atoms with Crippen molar-refractivity contribution in [3.05, 3.63) is 27.8 Å². The highest BCUT2D eigenvalue weighted by Crippen LogP contribution is 2.12. The summed E-state index contributed by atoms with van der Waals surface area (Å²) in [4.78, 5) is 12.5. The fourth-order valence-corrected chi connectivity index (χ4v) is 2.11. The molecule has 90 valence electrons. The molecule has 0 fully saturated rings. The second-order valence-electron chi connectivity index (χ2n) is 3.79. The standard InChI is InChI=1S/C11H15N5S/c1-7-5-14-11(12)16-10(7)13-4-3-9-6-17-8(2)15-9/h5-6H,3-4H2,1-2H3,(H3,12,13,14,16). The summed E-state index contributed by atoms with van der Waals surface area (Å²) in [5.74, 6) is 1.09. The highest BCUT2D eigenvalue weighted by atomic mass is 32.1. The number of hydrogen-bond donors (Lipinski definition) is 2. The lowest BCUT2D eigenvalue weighted by molar-refractivity contribution is 0.954. The van der Waals surface area contributed by atoms with Gasteiger partial charge in [-0.05, 0) is 13.8 Å². The third kappa shape index (κ3) is 3.13. The number of thiazole rings is 1. The summed E-state index contributed by atoms with van der Waals surface area (Å²) < 4.78 is 0. The maximum atomic E-state index is 5.54. The fourth-order valence-electron chi connectivity index (χ4n) is 1.47. The molecule has 0 saturated heterocycles. The molecule has 17 heavy (non-hydrogen) atoms. The summed E-state index contributed by atoms with van der Waals surface area (Å²) in [6, 6.07) is 0. The summed E-state index contributed by atoms with van der Waals surface area (Å²) in [5, 5.41) is 6.43. The van der Waals surface area contributed by atoms with Gasteiger partial charge in [0.1, 0.15) is 5.82 Å². The van der Waals surface area contributed by atoms with Gasteiger partial charge in [-0.2, -0.15) is 4.98 Å². The Morgan fingerprint density at radius 3 is 2.88 bits per heavy atom. The van der Waals surface area contributed by atoms with Crippen LogP contribution in [0.2, 0.25) is 0 Å². The molecule has 6 heteroatoms. The average Bonchev–Trinajstić information content (AvgIpc) is 2.69. The predicted molar refractivity (Wildman–Crippen MR) is 70.2 cm³/mol. The maximum Gasteiger partial charge on any atom is 0.221 e. The lowest BCUT2D eigenvalue weighted by atomic mass is 10.3. The number of aryl methyl sites for hydroxylation is 2.